The summed E-state index contributed by atoms with van der Waals surface area (Å²) in [5.74, 6) is -8.99. The number of carbonyl (C=O) groups excluding carboxylic acids is 6. The van der Waals surface area contributed by atoms with Crippen LogP contribution in [-0.2, 0) is 44.8 Å². The first-order valence-electron chi connectivity index (χ1n) is 19.1. The Labute approximate surface area is 345 Å². The molecule has 0 aliphatic rings. The van der Waals surface area contributed by atoms with Gasteiger partial charge < -0.3 is 74.5 Å². The normalized spacial score (nSPS) is 15.1. The van der Waals surface area contributed by atoms with E-state index >= 15 is 0 Å². The number of hydrogen-bond acceptors (Lipinski definition) is 12. The lowest BCUT2D eigenvalue weighted by Gasteiger charge is -2.27. The lowest BCUT2D eigenvalue weighted by molar-refractivity contribution is -0.142. The van der Waals surface area contributed by atoms with Gasteiger partial charge in [-0.3, -0.25) is 43.3 Å². The monoisotopic (exact) mass is 847 g/mol. The van der Waals surface area contributed by atoms with Crippen molar-refractivity contribution in [1.82, 2.24) is 36.9 Å². The zero-order valence-corrected chi connectivity index (χ0v) is 33.8. The summed E-state index contributed by atoms with van der Waals surface area (Å²) in [5.41, 5.74) is 17.7. The number of aromatic nitrogens is 1. The number of benzene rings is 1. The zero-order valence-electron chi connectivity index (χ0n) is 33.8. The molecule has 0 bridgehead atoms. The van der Waals surface area contributed by atoms with E-state index in [-0.39, 0.29) is 44.1 Å². The number of nitrogens with one attached hydrogen (secondary N) is 7. The minimum Gasteiger partial charge on any atom is -0.481 e. The number of guanidine groups is 1. The molecule has 0 saturated carbocycles. The number of aliphatic carboxylic acids is 2. The van der Waals surface area contributed by atoms with Crippen LogP contribution in [0, 0.1) is 5.92 Å². The molecule has 8 atom stereocenters. The Bertz CT molecular complexity index is 1860. The van der Waals surface area contributed by atoms with E-state index in [9.17, 15) is 53.7 Å². The van der Waals surface area contributed by atoms with Crippen molar-refractivity contribution < 1.29 is 58.8 Å². The smallest absolute Gasteiger partial charge is 0.325 e. The highest BCUT2D eigenvalue weighted by Crippen LogP contribution is 2.19. The van der Waals surface area contributed by atoms with Crippen LogP contribution >= 0.6 is 0 Å². The van der Waals surface area contributed by atoms with E-state index < -0.39 is 109 Å². The number of para-hydroxylation sites is 1. The highest BCUT2D eigenvalue weighted by atomic mass is 16.4. The quantitative estimate of drug-likeness (QED) is 0.0257. The fraction of sp³-hybridized carbons (Fsp3) is 0.541. The van der Waals surface area contributed by atoms with Crippen molar-refractivity contribution in [2.24, 2.45) is 28.1 Å². The molecule has 2 aromatic rings. The van der Waals surface area contributed by atoms with Crippen molar-refractivity contribution in [2.45, 2.75) is 108 Å². The molecule has 1 heterocycles. The Balaban J connectivity index is 2.40. The lowest BCUT2D eigenvalue weighted by atomic mass is 10.0. The summed E-state index contributed by atoms with van der Waals surface area (Å²) >= 11 is 0. The molecule has 23 nitrogen and oxygen atoms in total. The SMILES string of the molecule is CC(C)CC(NC(=O)C(N)CC(=O)O)C(=O)NC(CCCN=C(N)N)C(=O)NC(CO)C(=O)NC(Cc1c[nH]c2ccccc12)C(=O)NC(C(=O)NC(C)C(=O)O)C(C)O. The Hall–Kier alpha value is -6.33. The predicted molar refractivity (Wildman–Crippen MR) is 215 cm³/mol. The number of nitrogens with two attached hydrogens (primary N) is 3. The number of aliphatic imine (C=N–C) groups is 1. The average Bonchev–Trinajstić information content (AvgIpc) is 3.57. The van der Waals surface area contributed by atoms with Crippen LogP contribution in [0.4, 0.5) is 0 Å². The molecule has 0 saturated heterocycles. The number of carboxylic acids is 2. The molecule has 17 N–H and O–H groups in total. The van der Waals surface area contributed by atoms with Crippen LogP contribution in [0.2, 0.25) is 0 Å². The van der Waals surface area contributed by atoms with Crippen molar-refractivity contribution in [2.75, 3.05) is 13.2 Å². The van der Waals surface area contributed by atoms with Gasteiger partial charge in [0, 0.05) is 30.1 Å². The minimum absolute atomic E-state index is 0.0213. The standard InChI is InChI=1S/C37H57N11O12/c1-17(2)12-25(45-30(53)22(38)14-28(51)52)32(55)44-24(10-7-11-41-37(39)40)31(54)47-27(16-49)34(57)46-26(13-20-15-42-23-9-6-5-8-21(20)23)33(56)48-29(19(4)50)35(58)43-18(3)36(59)60/h5-6,8-9,15,17-19,22,24-27,29,42,49-50H,7,10-14,16,38H2,1-4H3,(H,43,58)(H,44,55)(H,45,53)(H,46,57)(H,47,54)(H,48,56)(H,51,52)(H,59,60)(H4,39,40,41). The number of nitrogens with zero attached hydrogens (tertiary/aromatic N) is 1. The van der Waals surface area contributed by atoms with Crippen LogP contribution in [0.1, 0.15) is 58.9 Å². The Morgan fingerprint density at radius 3 is 1.90 bits per heavy atom. The maximum atomic E-state index is 13.8. The first-order valence-corrected chi connectivity index (χ1v) is 19.1. The predicted octanol–water partition coefficient (Wildman–Crippen LogP) is -4.00. The Kier molecular flexibility index (Phi) is 19.9. The molecule has 1 aromatic heterocycles. The highest BCUT2D eigenvalue weighted by Gasteiger charge is 2.35. The van der Waals surface area contributed by atoms with E-state index in [0.29, 0.717) is 16.5 Å². The van der Waals surface area contributed by atoms with E-state index in [4.69, 9.17) is 22.3 Å². The molecule has 0 spiro atoms. The minimum atomic E-state index is -1.74. The van der Waals surface area contributed by atoms with E-state index in [0.717, 1.165) is 0 Å². The fourth-order valence-corrected chi connectivity index (χ4v) is 5.80. The van der Waals surface area contributed by atoms with Gasteiger partial charge in [0.2, 0.25) is 35.4 Å². The molecule has 0 fully saturated rings. The van der Waals surface area contributed by atoms with Crippen LogP contribution in [0.5, 0.6) is 0 Å². The number of carbonyl (C=O) groups is 8. The molecule has 2 rings (SSSR count). The van der Waals surface area contributed by atoms with Gasteiger partial charge in [-0.15, -0.1) is 0 Å². The molecule has 8 unspecified atom stereocenters. The topological polar surface area (TPSA) is 396 Å². The number of rotatable bonds is 25. The number of H-pyrrole nitrogens is 1. The van der Waals surface area contributed by atoms with Gasteiger partial charge >= 0.3 is 11.9 Å². The third kappa shape index (κ3) is 16.1. The summed E-state index contributed by atoms with van der Waals surface area (Å²) < 4.78 is 0. The maximum Gasteiger partial charge on any atom is 0.325 e. The molecule has 1 aromatic carbocycles. The van der Waals surface area contributed by atoms with Crippen molar-refractivity contribution in [3.05, 3.63) is 36.0 Å². The molecule has 6 amide bonds. The number of hydrogen-bond donors (Lipinski definition) is 14. The molecular weight excluding hydrogens is 790 g/mol. The maximum absolute atomic E-state index is 13.8. The number of amides is 6. The van der Waals surface area contributed by atoms with Crippen molar-refractivity contribution in [1.29, 1.82) is 0 Å². The summed E-state index contributed by atoms with van der Waals surface area (Å²) in [6, 6.07) is -3.46. The van der Waals surface area contributed by atoms with Crippen molar-refractivity contribution in [3.8, 4) is 0 Å². The molecule has 0 radical (unpaired) electrons. The number of fused-ring (bicyclic) bond motifs is 1. The third-order valence-electron chi connectivity index (χ3n) is 8.99. The summed E-state index contributed by atoms with van der Waals surface area (Å²) in [5, 5.41) is 53.9. The molecular formula is C37H57N11O12. The Morgan fingerprint density at radius 2 is 1.32 bits per heavy atom. The lowest BCUT2D eigenvalue weighted by Crippen LogP contribution is -2.61. The van der Waals surface area contributed by atoms with E-state index in [2.05, 4.69) is 41.9 Å². The van der Waals surface area contributed by atoms with E-state index in [1.165, 1.54) is 13.8 Å². The first kappa shape index (κ1) is 49.8. The molecule has 0 aliphatic carbocycles. The van der Waals surface area contributed by atoms with Gasteiger partial charge in [0.1, 0.15) is 36.3 Å². The number of aliphatic hydroxyl groups excluding tert-OH is 2. The van der Waals surface area contributed by atoms with Gasteiger partial charge in [-0.1, -0.05) is 32.0 Å². The highest BCUT2D eigenvalue weighted by molar-refractivity contribution is 5.98. The summed E-state index contributed by atoms with van der Waals surface area (Å²) in [6.07, 6.45) is -0.822. The zero-order chi connectivity index (χ0) is 45.3. The summed E-state index contributed by atoms with van der Waals surface area (Å²) in [6.45, 7) is 4.87. The van der Waals surface area contributed by atoms with Crippen LogP contribution in [0.15, 0.2) is 35.5 Å². The molecule has 23 heteroatoms. The first-order chi connectivity index (χ1) is 28.1. The molecule has 0 aliphatic heterocycles. The molecule has 332 valence electrons. The van der Waals surface area contributed by atoms with Crippen LogP contribution in [-0.4, -0.2) is 140 Å². The largest absolute Gasteiger partial charge is 0.481 e. The fourth-order valence-electron chi connectivity index (χ4n) is 5.80. The second-order valence-corrected chi connectivity index (χ2v) is 14.6. The van der Waals surface area contributed by atoms with Crippen LogP contribution in [0.3, 0.4) is 0 Å². The molecule has 60 heavy (non-hydrogen) atoms. The van der Waals surface area contributed by atoms with E-state index in [1.54, 1.807) is 44.3 Å². The Morgan fingerprint density at radius 1 is 0.750 bits per heavy atom. The van der Waals surface area contributed by atoms with Crippen molar-refractivity contribution in [3.63, 3.8) is 0 Å². The average molecular weight is 848 g/mol. The number of aromatic amines is 1. The van der Waals surface area contributed by atoms with Gasteiger partial charge in [0.15, 0.2) is 5.96 Å². The second kappa shape index (κ2) is 23.9. The summed E-state index contributed by atoms with van der Waals surface area (Å²) in [4.78, 5) is 110. The summed E-state index contributed by atoms with van der Waals surface area (Å²) in [7, 11) is 0. The van der Waals surface area contributed by atoms with Gasteiger partial charge in [0.25, 0.3) is 0 Å². The van der Waals surface area contributed by atoms with Gasteiger partial charge in [0.05, 0.1) is 25.2 Å². The second-order valence-electron chi connectivity index (χ2n) is 14.6. The van der Waals surface area contributed by atoms with Gasteiger partial charge in [-0.2, -0.15) is 0 Å². The van der Waals surface area contributed by atoms with Crippen LogP contribution < -0.4 is 49.1 Å². The van der Waals surface area contributed by atoms with Gasteiger partial charge in [-0.25, -0.2) is 0 Å². The van der Waals surface area contributed by atoms with E-state index in [1.807, 2.05) is 0 Å². The van der Waals surface area contributed by atoms with Gasteiger partial charge in [-0.05, 0) is 50.7 Å². The number of carboxylic acid groups (broad SMARTS) is 2. The third-order valence-corrected chi connectivity index (χ3v) is 8.99. The number of aliphatic hydroxyl groups is 2. The van der Waals surface area contributed by atoms with Crippen LogP contribution in [0.25, 0.3) is 10.9 Å². The van der Waals surface area contributed by atoms with Crippen molar-refractivity contribution >= 4 is 64.2 Å².